The van der Waals surface area contributed by atoms with Crippen molar-refractivity contribution in [1.82, 2.24) is 9.29 Å². The third-order valence-electron chi connectivity index (χ3n) is 5.34. The van der Waals surface area contributed by atoms with Crippen molar-refractivity contribution in [2.75, 3.05) is 45.3 Å². The van der Waals surface area contributed by atoms with Crippen LogP contribution in [0.4, 0.5) is 5.13 Å². The zero-order valence-corrected chi connectivity index (χ0v) is 19.4. The summed E-state index contributed by atoms with van der Waals surface area (Å²) in [5.74, 6) is 1.33. The molecule has 0 aliphatic carbocycles. The fourth-order valence-electron chi connectivity index (χ4n) is 3.52. The molecule has 0 radical (unpaired) electrons. The van der Waals surface area contributed by atoms with Crippen LogP contribution in [0.3, 0.4) is 0 Å². The lowest BCUT2D eigenvalue weighted by Crippen LogP contribution is -2.48. The Labute approximate surface area is 186 Å². The molecular weight excluding hydrogens is 434 g/mol. The molecule has 3 aromatic rings. The van der Waals surface area contributed by atoms with Crippen LogP contribution in [0.25, 0.3) is 11.3 Å². The summed E-state index contributed by atoms with van der Waals surface area (Å²) in [6.07, 6.45) is 0. The largest absolute Gasteiger partial charge is 0.493 e. The first kappa shape index (κ1) is 21.6. The first-order valence-corrected chi connectivity index (χ1v) is 12.2. The molecule has 0 amide bonds. The van der Waals surface area contributed by atoms with Gasteiger partial charge in [-0.2, -0.15) is 4.31 Å². The Hall–Kier alpha value is -2.62. The number of hydrogen-bond donors (Lipinski definition) is 0. The number of rotatable bonds is 6. The van der Waals surface area contributed by atoms with Gasteiger partial charge in [0.05, 0.1) is 24.8 Å². The minimum Gasteiger partial charge on any atom is -0.493 e. The predicted octanol–water partition coefficient (Wildman–Crippen LogP) is 3.65. The Bertz CT molecular complexity index is 1150. The Morgan fingerprint density at radius 2 is 1.61 bits per heavy atom. The maximum atomic E-state index is 12.9. The quantitative estimate of drug-likeness (QED) is 0.560. The number of aromatic nitrogens is 1. The van der Waals surface area contributed by atoms with E-state index in [1.165, 1.54) is 0 Å². The Morgan fingerprint density at radius 1 is 0.935 bits per heavy atom. The van der Waals surface area contributed by atoms with Crippen LogP contribution in [0.5, 0.6) is 11.5 Å². The molecule has 1 fully saturated rings. The van der Waals surface area contributed by atoms with E-state index in [4.69, 9.17) is 14.5 Å². The molecule has 0 atom stereocenters. The number of piperazine rings is 1. The average Bonchev–Trinajstić information content (AvgIpc) is 3.29. The molecule has 9 heteroatoms. The monoisotopic (exact) mass is 459 g/mol. The molecule has 4 rings (SSSR count). The summed E-state index contributed by atoms with van der Waals surface area (Å²) in [6, 6.07) is 12.7. The first-order valence-electron chi connectivity index (χ1n) is 9.92. The topological polar surface area (TPSA) is 72.0 Å². The second kappa shape index (κ2) is 8.86. The van der Waals surface area contributed by atoms with Crippen LogP contribution in [0, 0.1) is 6.92 Å². The lowest BCUT2D eigenvalue weighted by Gasteiger charge is -2.33. The minimum absolute atomic E-state index is 0.344. The van der Waals surface area contributed by atoms with Gasteiger partial charge in [0.2, 0.25) is 10.0 Å². The van der Waals surface area contributed by atoms with E-state index in [1.807, 2.05) is 42.6 Å². The van der Waals surface area contributed by atoms with Crippen LogP contribution in [-0.2, 0) is 10.0 Å². The van der Waals surface area contributed by atoms with Crippen LogP contribution in [0.2, 0.25) is 0 Å². The molecule has 1 saturated heterocycles. The van der Waals surface area contributed by atoms with Gasteiger partial charge in [-0.25, -0.2) is 13.4 Å². The third-order valence-corrected chi connectivity index (χ3v) is 8.15. The van der Waals surface area contributed by atoms with Gasteiger partial charge in [-0.05, 0) is 37.3 Å². The molecule has 0 spiro atoms. The van der Waals surface area contributed by atoms with Crippen molar-refractivity contribution in [2.24, 2.45) is 0 Å². The normalized spacial score (nSPS) is 15.1. The Balaban J connectivity index is 1.45. The van der Waals surface area contributed by atoms with Crippen molar-refractivity contribution in [2.45, 2.75) is 11.8 Å². The van der Waals surface area contributed by atoms with Gasteiger partial charge in [0.25, 0.3) is 0 Å². The highest BCUT2D eigenvalue weighted by Crippen LogP contribution is 2.34. The second-order valence-electron chi connectivity index (χ2n) is 7.29. The van der Waals surface area contributed by atoms with Gasteiger partial charge in [-0.1, -0.05) is 17.7 Å². The van der Waals surface area contributed by atoms with E-state index in [0.717, 1.165) is 22.0 Å². The summed E-state index contributed by atoms with van der Waals surface area (Å²) in [5, 5.41) is 2.89. The lowest BCUT2D eigenvalue weighted by atomic mass is 10.1. The SMILES string of the molecule is COc1ccc(-c2csc(N3CCN(S(=O)(=O)c4ccc(C)cc4)CC3)n2)cc1OC. The Kier molecular flexibility index (Phi) is 6.17. The Morgan fingerprint density at radius 3 is 2.26 bits per heavy atom. The average molecular weight is 460 g/mol. The molecule has 7 nitrogen and oxygen atoms in total. The van der Waals surface area contributed by atoms with E-state index < -0.39 is 10.0 Å². The van der Waals surface area contributed by atoms with Crippen LogP contribution < -0.4 is 14.4 Å². The van der Waals surface area contributed by atoms with Gasteiger partial charge in [0.1, 0.15) is 0 Å². The number of anilines is 1. The van der Waals surface area contributed by atoms with E-state index in [0.29, 0.717) is 42.6 Å². The highest BCUT2D eigenvalue weighted by molar-refractivity contribution is 7.89. The van der Waals surface area contributed by atoms with Crippen molar-refractivity contribution in [1.29, 1.82) is 0 Å². The molecule has 31 heavy (non-hydrogen) atoms. The number of hydrogen-bond acceptors (Lipinski definition) is 7. The molecular formula is C22H25N3O4S2. The third kappa shape index (κ3) is 4.39. The van der Waals surface area contributed by atoms with E-state index in [-0.39, 0.29) is 0 Å². The van der Waals surface area contributed by atoms with E-state index in [2.05, 4.69) is 4.90 Å². The summed E-state index contributed by atoms with van der Waals surface area (Å²) in [6.45, 7) is 4.01. The molecule has 1 aromatic heterocycles. The van der Waals surface area contributed by atoms with Gasteiger partial charge in [0, 0.05) is 37.1 Å². The number of ether oxygens (including phenoxy) is 2. The van der Waals surface area contributed by atoms with Gasteiger partial charge in [-0.15, -0.1) is 11.3 Å². The number of thiazole rings is 1. The van der Waals surface area contributed by atoms with E-state index in [9.17, 15) is 8.42 Å². The predicted molar refractivity (Wildman–Crippen MR) is 123 cm³/mol. The van der Waals surface area contributed by atoms with Crippen LogP contribution in [-0.4, -0.2) is 58.1 Å². The van der Waals surface area contributed by atoms with Crippen molar-refractivity contribution in [3.05, 3.63) is 53.4 Å². The summed E-state index contributed by atoms with van der Waals surface area (Å²) in [4.78, 5) is 7.25. The number of aryl methyl sites for hydroxylation is 1. The molecule has 0 bridgehead atoms. The molecule has 0 N–H and O–H groups in total. The molecule has 2 aromatic carbocycles. The highest BCUT2D eigenvalue weighted by atomic mass is 32.2. The van der Waals surface area contributed by atoms with Crippen molar-refractivity contribution in [3.63, 3.8) is 0 Å². The summed E-state index contributed by atoms with van der Waals surface area (Å²) in [5.41, 5.74) is 2.84. The molecule has 1 aliphatic heterocycles. The molecule has 0 unspecified atom stereocenters. The van der Waals surface area contributed by atoms with Crippen LogP contribution >= 0.6 is 11.3 Å². The van der Waals surface area contributed by atoms with Crippen LogP contribution in [0.15, 0.2) is 52.7 Å². The standard InChI is InChI=1S/C22H25N3O4S2/c1-16-4-7-18(8-5-16)31(26,27)25-12-10-24(11-13-25)22-23-19(15-30-22)17-6-9-20(28-2)21(14-17)29-3/h4-9,14-15H,10-13H2,1-3H3. The fraction of sp³-hybridized carbons (Fsp3) is 0.318. The first-order chi connectivity index (χ1) is 14.9. The molecule has 0 saturated carbocycles. The van der Waals surface area contributed by atoms with Gasteiger partial charge in [-0.3, -0.25) is 0 Å². The lowest BCUT2D eigenvalue weighted by molar-refractivity contribution is 0.355. The van der Waals surface area contributed by atoms with Crippen molar-refractivity contribution >= 4 is 26.5 Å². The molecule has 164 valence electrons. The van der Waals surface area contributed by atoms with Crippen molar-refractivity contribution < 1.29 is 17.9 Å². The second-order valence-corrected chi connectivity index (χ2v) is 10.1. The number of benzene rings is 2. The maximum Gasteiger partial charge on any atom is 0.243 e. The number of nitrogens with zero attached hydrogens (tertiary/aromatic N) is 3. The summed E-state index contributed by atoms with van der Waals surface area (Å²) in [7, 11) is -0.255. The summed E-state index contributed by atoms with van der Waals surface area (Å²) < 4.78 is 38.1. The van der Waals surface area contributed by atoms with E-state index >= 15 is 0 Å². The number of methoxy groups -OCH3 is 2. The van der Waals surface area contributed by atoms with E-state index in [1.54, 1.807) is 42.0 Å². The van der Waals surface area contributed by atoms with Crippen molar-refractivity contribution in [3.8, 4) is 22.8 Å². The smallest absolute Gasteiger partial charge is 0.243 e. The van der Waals surface area contributed by atoms with Crippen LogP contribution in [0.1, 0.15) is 5.56 Å². The zero-order valence-electron chi connectivity index (χ0n) is 17.7. The van der Waals surface area contributed by atoms with Gasteiger partial charge >= 0.3 is 0 Å². The number of sulfonamides is 1. The molecule has 2 heterocycles. The fourth-order valence-corrected chi connectivity index (χ4v) is 5.83. The van der Waals surface area contributed by atoms with Gasteiger partial charge < -0.3 is 14.4 Å². The minimum atomic E-state index is -3.47. The maximum absolute atomic E-state index is 12.9. The zero-order chi connectivity index (χ0) is 22.0. The highest BCUT2D eigenvalue weighted by Gasteiger charge is 2.29. The van der Waals surface area contributed by atoms with Gasteiger partial charge in [0.15, 0.2) is 16.6 Å². The summed E-state index contributed by atoms with van der Waals surface area (Å²) >= 11 is 1.56. The molecule has 1 aliphatic rings.